The van der Waals surface area contributed by atoms with Gasteiger partial charge in [-0.2, -0.15) is 0 Å². The number of hydrogen-bond acceptors (Lipinski definition) is 5. The zero-order valence-corrected chi connectivity index (χ0v) is 37.1. The van der Waals surface area contributed by atoms with Gasteiger partial charge in [0, 0.05) is 59.1 Å². The smallest absolute Gasteiger partial charge is 0.160 e. The fourth-order valence-electron chi connectivity index (χ4n) is 8.88. The maximum absolute atomic E-state index is 5.16. The van der Waals surface area contributed by atoms with Crippen LogP contribution in [0.5, 0.6) is 0 Å². The Labute approximate surface area is 393 Å². The first-order valence-corrected chi connectivity index (χ1v) is 23.3. The van der Waals surface area contributed by atoms with E-state index in [1.807, 2.05) is 72.0 Å². The van der Waals surface area contributed by atoms with Crippen LogP contribution in [0, 0.1) is 0 Å². The normalized spacial score (nSPS) is 11.3. The standard InChI is InChI=1S/C62H40N4S/c1-5-16-41(17-6-1)49-24-15-25-50(36-49)58-40-57(65-62(66-58)48-22-11-4-12-23-48)45-32-28-42(29-33-45)51-37-53(60-54(38-51)52-26-13-14-27-59(52)67-60)43-30-34-46(35-31-43)56-39-55(44-18-7-2-8-19-44)63-61(64-56)47-20-9-3-10-21-47/h1-40H. The van der Waals surface area contributed by atoms with Gasteiger partial charge in [0.25, 0.3) is 0 Å². The van der Waals surface area contributed by atoms with Gasteiger partial charge < -0.3 is 0 Å². The van der Waals surface area contributed by atoms with E-state index in [1.54, 1.807) is 0 Å². The summed E-state index contributed by atoms with van der Waals surface area (Å²) in [6, 6.07) is 85.2. The first-order chi connectivity index (χ1) is 33.2. The molecule has 0 saturated heterocycles. The summed E-state index contributed by atoms with van der Waals surface area (Å²) in [5.41, 5.74) is 16.6. The lowest BCUT2D eigenvalue weighted by atomic mass is 9.94. The lowest BCUT2D eigenvalue weighted by Gasteiger charge is -2.12. The van der Waals surface area contributed by atoms with Crippen molar-refractivity contribution in [3.8, 4) is 101 Å². The first-order valence-electron chi connectivity index (χ1n) is 22.4. The summed E-state index contributed by atoms with van der Waals surface area (Å²) >= 11 is 1.85. The average Bonchev–Trinajstić information content (AvgIpc) is 3.80. The molecule has 3 heterocycles. The van der Waals surface area contributed by atoms with Gasteiger partial charge in [0.15, 0.2) is 11.6 Å². The van der Waals surface area contributed by atoms with Crippen LogP contribution < -0.4 is 0 Å². The topological polar surface area (TPSA) is 51.6 Å². The Morgan fingerprint density at radius 1 is 0.239 bits per heavy atom. The number of rotatable bonds is 9. The summed E-state index contributed by atoms with van der Waals surface area (Å²) in [5, 5.41) is 2.52. The van der Waals surface area contributed by atoms with Gasteiger partial charge in [0.1, 0.15) is 0 Å². The van der Waals surface area contributed by atoms with Crippen molar-refractivity contribution >= 4 is 31.5 Å². The number of fused-ring (bicyclic) bond motifs is 3. The lowest BCUT2D eigenvalue weighted by Crippen LogP contribution is -1.96. The summed E-state index contributed by atoms with van der Waals surface area (Å²) in [5.74, 6) is 1.40. The molecule has 0 N–H and O–H groups in total. The Morgan fingerprint density at radius 3 is 1.21 bits per heavy atom. The molecule has 0 aliphatic heterocycles. The molecule has 0 amide bonds. The molecule has 0 bridgehead atoms. The lowest BCUT2D eigenvalue weighted by molar-refractivity contribution is 1.18. The second kappa shape index (κ2) is 17.4. The first kappa shape index (κ1) is 39.9. The van der Waals surface area contributed by atoms with Gasteiger partial charge in [0.2, 0.25) is 0 Å². The Balaban J connectivity index is 0.928. The van der Waals surface area contributed by atoms with E-state index < -0.39 is 0 Å². The quantitative estimate of drug-likeness (QED) is 0.145. The predicted molar refractivity (Wildman–Crippen MR) is 279 cm³/mol. The molecule has 12 rings (SSSR count). The summed E-state index contributed by atoms with van der Waals surface area (Å²) in [4.78, 5) is 20.4. The highest BCUT2D eigenvalue weighted by Gasteiger charge is 2.17. The van der Waals surface area contributed by atoms with E-state index in [4.69, 9.17) is 19.9 Å². The maximum Gasteiger partial charge on any atom is 0.160 e. The van der Waals surface area contributed by atoms with Crippen molar-refractivity contribution in [3.63, 3.8) is 0 Å². The van der Waals surface area contributed by atoms with Gasteiger partial charge in [-0.25, -0.2) is 19.9 Å². The third kappa shape index (κ3) is 7.99. The van der Waals surface area contributed by atoms with E-state index in [1.165, 1.54) is 31.3 Å². The van der Waals surface area contributed by atoms with Crippen molar-refractivity contribution in [1.29, 1.82) is 0 Å². The third-order valence-electron chi connectivity index (χ3n) is 12.3. The maximum atomic E-state index is 5.16. The third-order valence-corrected chi connectivity index (χ3v) is 13.6. The van der Waals surface area contributed by atoms with Gasteiger partial charge in [-0.15, -0.1) is 11.3 Å². The fraction of sp³-hybridized carbons (Fsp3) is 0. The molecule has 0 fully saturated rings. The van der Waals surface area contributed by atoms with Crippen molar-refractivity contribution in [1.82, 2.24) is 19.9 Å². The SMILES string of the molecule is c1ccc(-c2cccc(-c3cc(-c4ccc(-c5cc(-c6ccc(-c7cc(-c8ccccc8)nc(-c8ccccc8)n7)cc6)c6sc7ccccc7c6c5)cc4)nc(-c4ccccc4)n3)c2)cc1. The van der Waals surface area contributed by atoms with Crippen LogP contribution in [0.25, 0.3) is 121 Å². The minimum absolute atomic E-state index is 0.695. The fourth-order valence-corrected chi connectivity index (χ4v) is 10.1. The van der Waals surface area contributed by atoms with Crippen LogP contribution >= 0.6 is 11.3 Å². The van der Waals surface area contributed by atoms with Gasteiger partial charge in [0.05, 0.1) is 22.8 Å². The molecule has 12 aromatic rings. The zero-order chi connectivity index (χ0) is 44.5. The molecule has 0 aliphatic rings. The molecule has 0 saturated carbocycles. The van der Waals surface area contributed by atoms with Gasteiger partial charge in [-0.05, 0) is 64.2 Å². The summed E-state index contributed by atoms with van der Waals surface area (Å²) in [6.45, 7) is 0. The number of thiophene rings is 1. The highest BCUT2D eigenvalue weighted by Crippen LogP contribution is 2.43. The molecule has 0 spiro atoms. The Bertz CT molecular complexity index is 3640. The van der Waals surface area contributed by atoms with Crippen molar-refractivity contribution in [2.45, 2.75) is 0 Å². The molecule has 0 unspecified atom stereocenters. The van der Waals surface area contributed by atoms with Crippen molar-refractivity contribution < 1.29 is 0 Å². The van der Waals surface area contributed by atoms with Gasteiger partial charge in [-0.1, -0.05) is 206 Å². The van der Waals surface area contributed by atoms with E-state index >= 15 is 0 Å². The van der Waals surface area contributed by atoms with Gasteiger partial charge in [-0.3, -0.25) is 0 Å². The summed E-state index contributed by atoms with van der Waals surface area (Å²) < 4.78 is 2.54. The second-order valence-electron chi connectivity index (χ2n) is 16.6. The van der Waals surface area contributed by atoms with Crippen LogP contribution in [0.15, 0.2) is 243 Å². The molecule has 0 radical (unpaired) electrons. The number of benzene rings is 9. The van der Waals surface area contributed by atoms with Crippen LogP contribution in [-0.2, 0) is 0 Å². The van der Waals surface area contributed by atoms with Gasteiger partial charge >= 0.3 is 0 Å². The van der Waals surface area contributed by atoms with Crippen LogP contribution in [-0.4, -0.2) is 19.9 Å². The molecule has 67 heavy (non-hydrogen) atoms. The van der Waals surface area contributed by atoms with E-state index in [9.17, 15) is 0 Å². The molecule has 5 heteroatoms. The van der Waals surface area contributed by atoms with Crippen molar-refractivity contribution in [3.05, 3.63) is 243 Å². The van der Waals surface area contributed by atoms with E-state index in [-0.39, 0.29) is 0 Å². The molecule has 3 aromatic heterocycles. The number of aromatic nitrogens is 4. The largest absolute Gasteiger partial charge is 0.228 e. The van der Waals surface area contributed by atoms with E-state index in [2.05, 4.69) is 182 Å². The molecule has 0 aliphatic carbocycles. The molecule has 9 aromatic carbocycles. The van der Waals surface area contributed by atoms with Crippen molar-refractivity contribution in [2.75, 3.05) is 0 Å². The van der Waals surface area contributed by atoms with Crippen LogP contribution in [0.2, 0.25) is 0 Å². The van der Waals surface area contributed by atoms with Crippen LogP contribution in [0.3, 0.4) is 0 Å². The Hall–Kier alpha value is -8.64. The predicted octanol–water partition coefficient (Wildman–Crippen LogP) is 16.6. The average molecular weight is 873 g/mol. The minimum atomic E-state index is 0.695. The van der Waals surface area contributed by atoms with E-state index in [0.717, 1.165) is 78.4 Å². The minimum Gasteiger partial charge on any atom is -0.228 e. The van der Waals surface area contributed by atoms with E-state index in [0.29, 0.717) is 11.6 Å². The highest BCUT2D eigenvalue weighted by molar-refractivity contribution is 7.26. The van der Waals surface area contributed by atoms with Crippen LogP contribution in [0.1, 0.15) is 0 Å². The Kier molecular flexibility index (Phi) is 10.4. The summed E-state index contributed by atoms with van der Waals surface area (Å²) in [7, 11) is 0. The molecule has 0 atom stereocenters. The molecule has 314 valence electrons. The molecule has 4 nitrogen and oxygen atoms in total. The second-order valence-corrected chi connectivity index (χ2v) is 17.7. The number of nitrogens with zero attached hydrogens (tertiary/aromatic N) is 4. The van der Waals surface area contributed by atoms with Crippen molar-refractivity contribution in [2.24, 2.45) is 0 Å². The molecular weight excluding hydrogens is 833 g/mol. The Morgan fingerprint density at radius 2 is 0.642 bits per heavy atom. The zero-order valence-electron chi connectivity index (χ0n) is 36.3. The molecular formula is C62H40N4S. The highest BCUT2D eigenvalue weighted by atomic mass is 32.1. The monoisotopic (exact) mass is 872 g/mol. The summed E-state index contributed by atoms with van der Waals surface area (Å²) in [6.07, 6.45) is 0. The number of hydrogen-bond donors (Lipinski definition) is 0. The van der Waals surface area contributed by atoms with Crippen LogP contribution in [0.4, 0.5) is 0 Å².